The molecule has 1 aliphatic rings. The molecule has 0 bridgehead atoms. The number of piperazine rings is 1. The molecule has 0 saturated carbocycles. The van der Waals surface area contributed by atoms with Crippen LogP contribution in [0.1, 0.15) is 23.6 Å². The van der Waals surface area contributed by atoms with Crippen molar-refractivity contribution in [3.05, 3.63) is 21.9 Å². The van der Waals surface area contributed by atoms with Crippen molar-refractivity contribution < 1.29 is 0 Å². The molecule has 0 aliphatic carbocycles. The van der Waals surface area contributed by atoms with E-state index in [0.717, 1.165) is 19.4 Å². The molecule has 0 radical (unpaired) electrons. The first kappa shape index (κ1) is 16.0. The fourth-order valence-corrected chi connectivity index (χ4v) is 4.04. The van der Waals surface area contributed by atoms with Gasteiger partial charge < -0.3 is 10.2 Å². The molecule has 1 aromatic rings. The van der Waals surface area contributed by atoms with Gasteiger partial charge in [-0.2, -0.15) is 0 Å². The van der Waals surface area contributed by atoms with E-state index < -0.39 is 0 Å². The van der Waals surface area contributed by atoms with Gasteiger partial charge in [-0.05, 0) is 45.6 Å². The first-order chi connectivity index (χ1) is 9.63. The van der Waals surface area contributed by atoms with Gasteiger partial charge in [0.2, 0.25) is 0 Å². The molecule has 0 amide bonds. The fourth-order valence-electron chi connectivity index (χ4n) is 3.02. The van der Waals surface area contributed by atoms with Crippen LogP contribution in [0, 0.1) is 0 Å². The number of hydrogen-bond donors (Lipinski definition) is 1. The Hall–Kier alpha value is -0.420. The van der Waals surface area contributed by atoms with E-state index in [1.54, 1.807) is 0 Å². The molecule has 1 aliphatic heterocycles. The van der Waals surface area contributed by atoms with Crippen LogP contribution >= 0.6 is 11.3 Å². The van der Waals surface area contributed by atoms with E-state index in [1.807, 2.05) is 11.3 Å². The third-order valence-corrected chi connectivity index (χ3v) is 5.57. The minimum atomic E-state index is 0.552. The van der Waals surface area contributed by atoms with Crippen LogP contribution in [0.25, 0.3) is 0 Å². The molecule has 1 aromatic heterocycles. The van der Waals surface area contributed by atoms with Crippen molar-refractivity contribution in [1.29, 1.82) is 0 Å². The fraction of sp³-hybridized carbons (Fsp3) is 0.750. The second-order valence-electron chi connectivity index (χ2n) is 5.90. The Morgan fingerprint density at radius 1 is 1.25 bits per heavy atom. The minimum Gasteiger partial charge on any atom is -0.312 e. The minimum absolute atomic E-state index is 0.552. The predicted octanol–water partition coefficient (Wildman–Crippen LogP) is 2.08. The summed E-state index contributed by atoms with van der Waals surface area (Å²) in [5, 5.41) is 3.72. The van der Waals surface area contributed by atoms with Gasteiger partial charge in [-0.25, -0.2) is 0 Å². The molecule has 2 heterocycles. The van der Waals surface area contributed by atoms with E-state index in [4.69, 9.17) is 0 Å². The zero-order valence-electron chi connectivity index (χ0n) is 13.4. The molecule has 2 unspecified atom stereocenters. The number of thiophene rings is 1. The molecular weight excluding hydrogens is 266 g/mol. The molecule has 2 rings (SSSR count). The van der Waals surface area contributed by atoms with Crippen LogP contribution < -0.4 is 5.32 Å². The lowest BCUT2D eigenvalue weighted by Crippen LogP contribution is -2.59. The summed E-state index contributed by atoms with van der Waals surface area (Å²) in [5.41, 5.74) is 0. The average Bonchev–Trinajstić information content (AvgIpc) is 2.89. The summed E-state index contributed by atoms with van der Waals surface area (Å²) in [5.74, 6) is 0. The lowest BCUT2D eigenvalue weighted by atomic mass is 10.00. The van der Waals surface area contributed by atoms with Gasteiger partial charge >= 0.3 is 0 Å². The van der Waals surface area contributed by atoms with E-state index >= 15 is 0 Å². The summed E-state index contributed by atoms with van der Waals surface area (Å²) >= 11 is 1.98. The highest BCUT2D eigenvalue weighted by atomic mass is 32.1. The van der Waals surface area contributed by atoms with Gasteiger partial charge in [0.05, 0.1) is 0 Å². The topological polar surface area (TPSA) is 18.5 Å². The molecule has 1 N–H and O–H groups in total. The molecule has 114 valence electrons. The van der Waals surface area contributed by atoms with E-state index in [1.165, 1.54) is 29.4 Å². The first-order valence-electron chi connectivity index (χ1n) is 7.83. The Labute approximate surface area is 128 Å². The van der Waals surface area contributed by atoms with E-state index in [2.05, 4.69) is 55.2 Å². The number of likely N-dealkylation sites (N-methyl/N-ethyl adjacent to an activating group) is 3. The van der Waals surface area contributed by atoms with Crippen LogP contribution in [0.2, 0.25) is 0 Å². The highest BCUT2D eigenvalue weighted by Crippen LogP contribution is 2.21. The van der Waals surface area contributed by atoms with Crippen LogP contribution in [0.15, 0.2) is 12.1 Å². The largest absolute Gasteiger partial charge is 0.312 e. The van der Waals surface area contributed by atoms with Crippen LogP contribution in [0.3, 0.4) is 0 Å². The number of nitrogens with zero attached hydrogens (tertiary/aromatic N) is 2. The number of hydrogen-bond acceptors (Lipinski definition) is 4. The summed E-state index contributed by atoms with van der Waals surface area (Å²) in [7, 11) is 4.51. The van der Waals surface area contributed by atoms with Crippen molar-refractivity contribution in [2.45, 2.75) is 38.8 Å². The van der Waals surface area contributed by atoms with Gasteiger partial charge in [0.15, 0.2) is 0 Å². The van der Waals surface area contributed by atoms with E-state index in [0.29, 0.717) is 12.1 Å². The SMILES string of the molecule is CCNC(Cc1ccc(CC)s1)C1CN(C)CCN1C. The van der Waals surface area contributed by atoms with Crippen molar-refractivity contribution in [1.82, 2.24) is 15.1 Å². The number of rotatable bonds is 6. The molecule has 2 atom stereocenters. The molecule has 3 nitrogen and oxygen atoms in total. The Balaban J connectivity index is 2.05. The number of aryl methyl sites for hydroxylation is 1. The highest BCUT2D eigenvalue weighted by Gasteiger charge is 2.29. The molecular formula is C16H29N3S. The number of nitrogens with one attached hydrogen (secondary N) is 1. The summed E-state index contributed by atoms with van der Waals surface area (Å²) in [6.45, 7) is 9.02. The van der Waals surface area contributed by atoms with Crippen molar-refractivity contribution in [2.24, 2.45) is 0 Å². The Morgan fingerprint density at radius 2 is 2.00 bits per heavy atom. The molecule has 20 heavy (non-hydrogen) atoms. The second kappa shape index (κ2) is 7.55. The maximum Gasteiger partial charge on any atom is 0.0377 e. The zero-order valence-corrected chi connectivity index (χ0v) is 14.2. The van der Waals surface area contributed by atoms with Gasteiger partial charge in [-0.3, -0.25) is 4.90 Å². The monoisotopic (exact) mass is 295 g/mol. The molecule has 0 aromatic carbocycles. The van der Waals surface area contributed by atoms with Gasteiger partial charge in [-0.1, -0.05) is 13.8 Å². The maximum atomic E-state index is 3.72. The maximum absolute atomic E-state index is 3.72. The molecule has 4 heteroatoms. The van der Waals surface area contributed by atoms with Gasteiger partial charge in [0.1, 0.15) is 0 Å². The lowest BCUT2D eigenvalue weighted by Gasteiger charge is -2.42. The van der Waals surface area contributed by atoms with Gasteiger partial charge in [0, 0.05) is 41.5 Å². The standard InChI is InChI=1S/C16H29N3S/c1-5-13-7-8-14(20-13)11-15(17-6-2)16-12-18(3)9-10-19(16)4/h7-8,15-17H,5-6,9-12H2,1-4H3. The van der Waals surface area contributed by atoms with Crippen molar-refractivity contribution >= 4 is 11.3 Å². The van der Waals surface area contributed by atoms with Gasteiger partial charge in [0.25, 0.3) is 0 Å². The first-order valence-corrected chi connectivity index (χ1v) is 8.65. The van der Waals surface area contributed by atoms with Crippen molar-refractivity contribution in [2.75, 3.05) is 40.3 Å². The van der Waals surface area contributed by atoms with Crippen LogP contribution in [-0.2, 0) is 12.8 Å². The summed E-state index contributed by atoms with van der Waals surface area (Å²) in [6.07, 6.45) is 2.31. The quantitative estimate of drug-likeness (QED) is 0.867. The second-order valence-corrected chi connectivity index (χ2v) is 7.15. The van der Waals surface area contributed by atoms with Crippen LogP contribution in [-0.4, -0.2) is 62.2 Å². The Bertz CT molecular complexity index is 404. The highest BCUT2D eigenvalue weighted by molar-refractivity contribution is 7.11. The van der Waals surface area contributed by atoms with Gasteiger partial charge in [-0.15, -0.1) is 11.3 Å². The van der Waals surface area contributed by atoms with Crippen molar-refractivity contribution in [3.63, 3.8) is 0 Å². The molecule has 0 spiro atoms. The summed E-state index contributed by atoms with van der Waals surface area (Å²) in [4.78, 5) is 8.02. The normalized spacial score (nSPS) is 23.1. The van der Waals surface area contributed by atoms with E-state index in [-0.39, 0.29) is 0 Å². The zero-order chi connectivity index (χ0) is 14.5. The third kappa shape index (κ3) is 4.04. The summed E-state index contributed by atoms with van der Waals surface area (Å²) < 4.78 is 0. The smallest absolute Gasteiger partial charge is 0.0377 e. The molecule has 1 fully saturated rings. The molecule has 1 saturated heterocycles. The average molecular weight is 295 g/mol. The van der Waals surface area contributed by atoms with Crippen molar-refractivity contribution in [3.8, 4) is 0 Å². The Kier molecular flexibility index (Phi) is 6.02. The summed E-state index contributed by atoms with van der Waals surface area (Å²) in [6, 6.07) is 5.78. The van der Waals surface area contributed by atoms with E-state index in [9.17, 15) is 0 Å². The Morgan fingerprint density at radius 3 is 2.65 bits per heavy atom. The third-order valence-electron chi connectivity index (χ3n) is 4.32. The predicted molar refractivity (Wildman–Crippen MR) is 88.8 cm³/mol. The lowest BCUT2D eigenvalue weighted by molar-refractivity contribution is 0.0883. The van der Waals surface area contributed by atoms with Crippen LogP contribution in [0.5, 0.6) is 0 Å². The van der Waals surface area contributed by atoms with Crippen LogP contribution in [0.4, 0.5) is 0 Å².